The van der Waals surface area contributed by atoms with Gasteiger partial charge >= 0.3 is 0 Å². The van der Waals surface area contributed by atoms with E-state index in [2.05, 4.69) is 25.6 Å². The van der Waals surface area contributed by atoms with Crippen LogP contribution in [-0.4, -0.2) is 40.4 Å². The summed E-state index contributed by atoms with van der Waals surface area (Å²) in [4.78, 5) is 36.2. The number of hydrogen-bond donors (Lipinski definition) is 2. The SMILES string of the molecule is COc1cccc(CCNC(=O)Cc2csc(NC(=O)c3cnccn3)n2)c1. The van der Waals surface area contributed by atoms with Crippen LogP contribution >= 0.6 is 11.3 Å². The van der Waals surface area contributed by atoms with E-state index in [9.17, 15) is 9.59 Å². The number of nitrogens with one attached hydrogen (secondary N) is 2. The van der Waals surface area contributed by atoms with E-state index in [-0.39, 0.29) is 18.0 Å². The average molecular weight is 397 g/mol. The van der Waals surface area contributed by atoms with Gasteiger partial charge in [-0.05, 0) is 24.1 Å². The molecule has 28 heavy (non-hydrogen) atoms. The number of ether oxygens (including phenoxy) is 1. The minimum absolute atomic E-state index is 0.125. The third-order valence-corrected chi connectivity index (χ3v) is 4.59. The number of nitrogens with zero attached hydrogens (tertiary/aromatic N) is 3. The normalized spacial score (nSPS) is 10.3. The first-order chi connectivity index (χ1) is 13.6. The van der Waals surface area contributed by atoms with Crippen molar-refractivity contribution >= 4 is 28.3 Å². The van der Waals surface area contributed by atoms with Crippen molar-refractivity contribution in [2.75, 3.05) is 19.0 Å². The molecule has 0 saturated heterocycles. The molecule has 2 amide bonds. The van der Waals surface area contributed by atoms with Crippen molar-refractivity contribution in [2.45, 2.75) is 12.8 Å². The predicted octanol–water partition coefficient (Wildman–Crippen LogP) is 2.10. The van der Waals surface area contributed by atoms with Gasteiger partial charge in [-0.1, -0.05) is 12.1 Å². The van der Waals surface area contributed by atoms with Gasteiger partial charge in [-0.2, -0.15) is 0 Å². The molecule has 3 aromatic rings. The lowest BCUT2D eigenvalue weighted by Gasteiger charge is -2.06. The number of methoxy groups -OCH3 is 1. The van der Waals surface area contributed by atoms with E-state index in [0.29, 0.717) is 23.8 Å². The highest BCUT2D eigenvalue weighted by Gasteiger charge is 2.12. The molecule has 8 nitrogen and oxygen atoms in total. The monoisotopic (exact) mass is 397 g/mol. The summed E-state index contributed by atoms with van der Waals surface area (Å²) in [6, 6.07) is 7.73. The van der Waals surface area contributed by atoms with E-state index in [4.69, 9.17) is 4.74 Å². The Bertz CT molecular complexity index is 946. The summed E-state index contributed by atoms with van der Waals surface area (Å²) in [5, 5.41) is 7.68. The van der Waals surface area contributed by atoms with Crippen LogP contribution in [0.25, 0.3) is 0 Å². The number of carbonyl (C=O) groups is 2. The molecule has 3 rings (SSSR count). The Labute approximate surface area is 166 Å². The minimum atomic E-state index is -0.392. The molecular formula is C19H19N5O3S. The summed E-state index contributed by atoms with van der Waals surface area (Å²) in [5.41, 5.74) is 1.88. The number of aromatic nitrogens is 3. The molecule has 0 radical (unpaired) electrons. The van der Waals surface area contributed by atoms with Crippen LogP contribution < -0.4 is 15.4 Å². The van der Waals surface area contributed by atoms with Gasteiger partial charge in [0.15, 0.2) is 5.13 Å². The van der Waals surface area contributed by atoms with Crippen molar-refractivity contribution in [1.29, 1.82) is 0 Å². The zero-order valence-corrected chi connectivity index (χ0v) is 16.0. The van der Waals surface area contributed by atoms with Crippen molar-refractivity contribution in [3.63, 3.8) is 0 Å². The van der Waals surface area contributed by atoms with Gasteiger partial charge in [0.1, 0.15) is 11.4 Å². The number of amides is 2. The number of hydrogen-bond acceptors (Lipinski definition) is 7. The maximum Gasteiger partial charge on any atom is 0.277 e. The van der Waals surface area contributed by atoms with E-state index in [1.54, 1.807) is 12.5 Å². The fourth-order valence-electron chi connectivity index (χ4n) is 2.42. The predicted molar refractivity (Wildman–Crippen MR) is 106 cm³/mol. The lowest BCUT2D eigenvalue weighted by Crippen LogP contribution is -2.27. The second kappa shape index (κ2) is 9.56. The lowest BCUT2D eigenvalue weighted by atomic mass is 10.1. The van der Waals surface area contributed by atoms with E-state index in [0.717, 1.165) is 11.3 Å². The van der Waals surface area contributed by atoms with Crippen LogP contribution in [0.1, 0.15) is 21.7 Å². The van der Waals surface area contributed by atoms with Crippen molar-refractivity contribution < 1.29 is 14.3 Å². The van der Waals surface area contributed by atoms with Gasteiger partial charge in [-0.15, -0.1) is 11.3 Å². The first-order valence-electron chi connectivity index (χ1n) is 8.55. The van der Waals surface area contributed by atoms with Gasteiger partial charge in [0.25, 0.3) is 5.91 Å². The summed E-state index contributed by atoms with van der Waals surface area (Å²) < 4.78 is 5.19. The van der Waals surface area contributed by atoms with E-state index < -0.39 is 5.91 Å². The molecule has 0 spiro atoms. The number of benzene rings is 1. The molecule has 0 bridgehead atoms. The second-order valence-electron chi connectivity index (χ2n) is 5.82. The van der Waals surface area contributed by atoms with E-state index in [1.165, 1.54) is 29.9 Å². The van der Waals surface area contributed by atoms with Crippen molar-refractivity contribution in [1.82, 2.24) is 20.3 Å². The highest BCUT2D eigenvalue weighted by atomic mass is 32.1. The Morgan fingerprint density at radius 3 is 2.93 bits per heavy atom. The van der Waals surface area contributed by atoms with Crippen LogP contribution in [-0.2, 0) is 17.6 Å². The van der Waals surface area contributed by atoms with Crippen LogP contribution in [0.2, 0.25) is 0 Å². The molecule has 0 aliphatic rings. The van der Waals surface area contributed by atoms with Crippen LogP contribution in [0.4, 0.5) is 5.13 Å². The maximum atomic E-state index is 12.1. The zero-order chi connectivity index (χ0) is 19.8. The first kappa shape index (κ1) is 19.4. The molecule has 9 heteroatoms. The Hall–Kier alpha value is -3.33. The maximum absolute atomic E-state index is 12.1. The molecule has 0 saturated carbocycles. The van der Waals surface area contributed by atoms with E-state index >= 15 is 0 Å². The minimum Gasteiger partial charge on any atom is -0.497 e. The fraction of sp³-hybridized carbons (Fsp3) is 0.211. The molecule has 2 N–H and O–H groups in total. The highest BCUT2D eigenvalue weighted by Crippen LogP contribution is 2.16. The van der Waals surface area contributed by atoms with Crippen LogP contribution in [0.5, 0.6) is 5.75 Å². The topological polar surface area (TPSA) is 106 Å². The van der Waals surface area contributed by atoms with Crippen molar-refractivity contribution in [2.24, 2.45) is 0 Å². The molecule has 2 heterocycles. The second-order valence-corrected chi connectivity index (χ2v) is 6.68. The zero-order valence-electron chi connectivity index (χ0n) is 15.2. The first-order valence-corrected chi connectivity index (χ1v) is 9.43. The smallest absolute Gasteiger partial charge is 0.277 e. The standard InChI is InChI=1S/C19H19N5O3S/c1-27-15-4-2-3-13(9-15)5-6-22-17(25)10-14-12-28-19(23-14)24-18(26)16-11-20-7-8-21-16/h2-4,7-9,11-12H,5-6,10H2,1H3,(H,22,25)(H,23,24,26). The number of anilines is 1. The van der Waals surface area contributed by atoms with Gasteiger partial charge in [0, 0.05) is 24.3 Å². The largest absolute Gasteiger partial charge is 0.497 e. The molecular weight excluding hydrogens is 378 g/mol. The van der Waals surface area contributed by atoms with Gasteiger partial charge < -0.3 is 10.1 Å². The number of thiazole rings is 1. The summed E-state index contributed by atoms with van der Waals surface area (Å²) >= 11 is 1.25. The Morgan fingerprint density at radius 2 is 2.14 bits per heavy atom. The van der Waals surface area contributed by atoms with Gasteiger partial charge in [-0.25, -0.2) is 9.97 Å². The molecule has 0 aliphatic heterocycles. The molecule has 144 valence electrons. The van der Waals surface area contributed by atoms with Crippen LogP contribution in [0, 0.1) is 0 Å². The Balaban J connectivity index is 1.45. The Morgan fingerprint density at radius 1 is 1.25 bits per heavy atom. The molecule has 0 fully saturated rings. The highest BCUT2D eigenvalue weighted by molar-refractivity contribution is 7.14. The van der Waals surface area contributed by atoms with Crippen LogP contribution in [0.3, 0.4) is 0 Å². The van der Waals surface area contributed by atoms with Crippen molar-refractivity contribution in [3.8, 4) is 5.75 Å². The third kappa shape index (κ3) is 5.58. The fourth-order valence-corrected chi connectivity index (χ4v) is 3.13. The number of rotatable bonds is 8. The number of carbonyl (C=O) groups excluding carboxylic acids is 2. The summed E-state index contributed by atoms with van der Waals surface area (Å²) in [6.07, 6.45) is 5.16. The molecule has 0 aliphatic carbocycles. The average Bonchev–Trinajstić information content (AvgIpc) is 3.15. The molecule has 2 aromatic heterocycles. The summed E-state index contributed by atoms with van der Waals surface area (Å²) in [6.45, 7) is 0.520. The van der Waals surface area contributed by atoms with E-state index in [1.807, 2.05) is 24.3 Å². The molecule has 0 atom stereocenters. The van der Waals surface area contributed by atoms with Gasteiger partial charge in [0.2, 0.25) is 5.91 Å². The van der Waals surface area contributed by atoms with Gasteiger partial charge in [0.05, 0.1) is 25.4 Å². The Kier molecular flexibility index (Phi) is 6.64. The lowest BCUT2D eigenvalue weighted by molar-refractivity contribution is -0.120. The molecule has 1 aromatic carbocycles. The summed E-state index contributed by atoms with van der Waals surface area (Å²) in [7, 11) is 1.62. The van der Waals surface area contributed by atoms with Crippen LogP contribution in [0.15, 0.2) is 48.2 Å². The molecule has 0 unspecified atom stereocenters. The van der Waals surface area contributed by atoms with Gasteiger partial charge in [-0.3, -0.25) is 19.9 Å². The van der Waals surface area contributed by atoms with Crippen molar-refractivity contribution in [3.05, 3.63) is 65.2 Å². The quantitative estimate of drug-likeness (QED) is 0.603. The summed E-state index contributed by atoms with van der Waals surface area (Å²) in [5.74, 6) is 0.277. The third-order valence-electron chi connectivity index (χ3n) is 3.78.